The smallest absolute Gasteiger partial charge is 0.311 e. The number of carbonyl (C=O) groups is 2. The Balaban J connectivity index is 1.33. The quantitative estimate of drug-likeness (QED) is 0.581. The molecule has 0 spiro atoms. The van der Waals surface area contributed by atoms with Crippen LogP contribution in [0.3, 0.4) is 0 Å². The number of aryl methyl sites for hydroxylation is 1. The zero-order chi connectivity index (χ0) is 21.8. The van der Waals surface area contributed by atoms with Crippen molar-refractivity contribution in [2.45, 2.75) is 26.4 Å². The predicted molar refractivity (Wildman–Crippen MR) is 109 cm³/mol. The zero-order valence-electron chi connectivity index (χ0n) is 17.1. The van der Waals surface area contributed by atoms with Crippen molar-refractivity contribution in [1.29, 1.82) is 0 Å². The second-order valence-electron chi connectivity index (χ2n) is 7.59. The van der Waals surface area contributed by atoms with Crippen LogP contribution in [0.5, 0.6) is 0 Å². The molecule has 2 heterocycles. The molecule has 31 heavy (non-hydrogen) atoms. The summed E-state index contributed by atoms with van der Waals surface area (Å²) >= 11 is 0. The fraction of sp³-hybridized carbons (Fsp3) is 0.304. The first kappa shape index (κ1) is 20.7. The van der Waals surface area contributed by atoms with Crippen LogP contribution in [0, 0.1) is 18.7 Å². The molecule has 1 saturated heterocycles. The predicted octanol–water partition coefficient (Wildman–Crippen LogP) is 3.78. The second kappa shape index (κ2) is 9.07. The van der Waals surface area contributed by atoms with Crippen LogP contribution in [-0.2, 0) is 16.1 Å². The first-order valence-corrected chi connectivity index (χ1v) is 10.1. The van der Waals surface area contributed by atoms with E-state index in [9.17, 15) is 14.0 Å². The van der Waals surface area contributed by atoms with Crippen molar-refractivity contribution in [3.63, 3.8) is 0 Å². The Hall–Kier alpha value is -3.55. The first-order chi connectivity index (χ1) is 15.0. The molecule has 2 aromatic carbocycles. The van der Waals surface area contributed by atoms with Crippen molar-refractivity contribution in [2.24, 2.45) is 5.92 Å². The van der Waals surface area contributed by atoms with Gasteiger partial charge in [-0.05, 0) is 56.2 Å². The molecule has 1 aliphatic heterocycles. The molecule has 0 N–H and O–H groups in total. The number of benzene rings is 2. The SMILES string of the molecule is Cc1ccc(-c2nc(COC(=O)C3CCCN(C(=O)c4ccc(F)cc4)C3)no2)cc1. The Labute approximate surface area is 178 Å². The Kier molecular flexibility index (Phi) is 6.06. The molecule has 0 bridgehead atoms. The second-order valence-corrected chi connectivity index (χ2v) is 7.59. The minimum absolute atomic E-state index is 0.101. The number of rotatable bonds is 5. The molecule has 3 aromatic rings. The molecule has 1 unspecified atom stereocenters. The summed E-state index contributed by atoms with van der Waals surface area (Å²) in [6.45, 7) is 2.69. The monoisotopic (exact) mass is 423 g/mol. The molecule has 4 rings (SSSR count). The highest BCUT2D eigenvalue weighted by molar-refractivity contribution is 5.94. The Morgan fingerprint density at radius 3 is 2.65 bits per heavy atom. The number of piperidine rings is 1. The van der Waals surface area contributed by atoms with Gasteiger partial charge in [0.1, 0.15) is 5.82 Å². The maximum atomic E-state index is 13.1. The van der Waals surface area contributed by atoms with Crippen molar-refractivity contribution in [1.82, 2.24) is 15.0 Å². The van der Waals surface area contributed by atoms with Gasteiger partial charge in [0.25, 0.3) is 11.8 Å². The lowest BCUT2D eigenvalue weighted by Gasteiger charge is -2.31. The van der Waals surface area contributed by atoms with E-state index >= 15 is 0 Å². The van der Waals surface area contributed by atoms with Crippen molar-refractivity contribution >= 4 is 11.9 Å². The number of halogens is 1. The van der Waals surface area contributed by atoms with Gasteiger partial charge in [0.15, 0.2) is 6.61 Å². The van der Waals surface area contributed by atoms with Crippen LogP contribution < -0.4 is 0 Å². The summed E-state index contributed by atoms with van der Waals surface area (Å²) in [7, 11) is 0. The average Bonchev–Trinajstić information content (AvgIpc) is 3.27. The summed E-state index contributed by atoms with van der Waals surface area (Å²) < 4.78 is 23.7. The number of likely N-dealkylation sites (tertiary alicyclic amines) is 1. The molecule has 1 atom stereocenters. The van der Waals surface area contributed by atoms with E-state index in [1.54, 1.807) is 4.90 Å². The maximum absolute atomic E-state index is 13.1. The van der Waals surface area contributed by atoms with Gasteiger partial charge in [0, 0.05) is 24.2 Å². The minimum Gasteiger partial charge on any atom is -0.457 e. The third kappa shape index (κ3) is 4.96. The first-order valence-electron chi connectivity index (χ1n) is 10.1. The van der Waals surface area contributed by atoms with Crippen LogP contribution in [0.1, 0.15) is 34.6 Å². The largest absolute Gasteiger partial charge is 0.457 e. The Morgan fingerprint density at radius 2 is 1.90 bits per heavy atom. The zero-order valence-corrected chi connectivity index (χ0v) is 17.1. The molecule has 0 aliphatic carbocycles. The molecule has 8 heteroatoms. The van der Waals surface area contributed by atoms with Gasteiger partial charge < -0.3 is 14.2 Å². The highest BCUT2D eigenvalue weighted by Gasteiger charge is 2.30. The summed E-state index contributed by atoms with van der Waals surface area (Å²) in [5.74, 6) is -0.819. The number of hydrogen-bond acceptors (Lipinski definition) is 6. The number of ether oxygens (including phenoxy) is 1. The van der Waals surface area contributed by atoms with Crippen LogP contribution in [0.2, 0.25) is 0 Å². The van der Waals surface area contributed by atoms with Crippen LogP contribution >= 0.6 is 0 Å². The molecule has 1 amide bonds. The number of nitrogens with zero attached hydrogens (tertiary/aromatic N) is 3. The highest BCUT2D eigenvalue weighted by Crippen LogP contribution is 2.21. The van der Waals surface area contributed by atoms with Gasteiger partial charge in [-0.25, -0.2) is 4.39 Å². The molecule has 7 nitrogen and oxygen atoms in total. The summed E-state index contributed by atoms with van der Waals surface area (Å²) in [5, 5.41) is 3.86. The number of esters is 1. The van der Waals surface area contributed by atoms with Gasteiger partial charge >= 0.3 is 5.97 Å². The molecule has 0 saturated carbocycles. The van der Waals surface area contributed by atoms with Gasteiger partial charge in [-0.15, -0.1) is 0 Å². The Bertz CT molecular complexity index is 1060. The van der Waals surface area contributed by atoms with E-state index in [0.717, 1.165) is 11.1 Å². The van der Waals surface area contributed by atoms with Crippen LogP contribution in [0.4, 0.5) is 4.39 Å². The maximum Gasteiger partial charge on any atom is 0.311 e. The van der Waals surface area contributed by atoms with E-state index in [4.69, 9.17) is 9.26 Å². The van der Waals surface area contributed by atoms with Crippen molar-refractivity contribution in [2.75, 3.05) is 13.1 Å². The summed E-state index contributed by atoms with van der Waals surface area (Å²) in [6.07, 6.45) is 1.32. The summed E-state index contributed by atoms with van der Waals surface area (Å²) in [4.78, 5) is 31.0. The summed E-state index contributed by atoms with van der Waals surface area (Å²) in [6, 6.07) is 13.0. The van der Waals surface area contributed by atoms with Gasteiger partial charge in [-0.3, -0.25) is 9.59 Å². The molecule has 1 aliphatic rings. The van der Waals surface area contributed by atoms with Crippen LogP contribution in [-0.4, -0.2) is 40.0 Å². The molecule has 0 radical (unpaired) electrons. The van der Waals surface area contributed by atoms with Gasteiger partial charge in [-0.2, -0.15) is 4.98 Å². The molecule has 160 valence electrons. The van der Waals surface area contributed by atoms with Crippen molar-refractivity contribution < 1.29 is 23.2 Å². The van der Waals surface area contributed by atoms with E-state index in [2.05, 4.69) is 10.1 Å². The standard InChI is InChI=1S/C23H22FN3O4/c1-15-4-6-16(7-5-15)21-25-20(26-31-21)14-30-23(29)18-3-2-12-27(13-18)22(28)17-8-10-19(24)11-9-17/h4-11,18H,2-3,12-14H2,1H3. The van der Waals surface area contributed by atoms with Crippen LogP contribution in [0.15, 0.2) is 53.1 Å². The lowest BCUT2D eigenvalue weighted by molar-refractivity contribution is -0.151. The normalized spacial score (nSPS) is 16.2. The molecule has 1 fully saturated rings. The van der Waals surface area contributed by atoms with Gasteiger partial charge in [0.2, 0.25) is 5.82 Å². The lowest BCUT2D eigenvalue weighted by Crippen LogP contribution is -2.42. The lowest BCUT2D eigenvalue weighted by atomic mass is 9.97. The number of amides is 1. The van der Waals surface area contributed by atoms with Crippen molar-refractivity contribution in [3.05, 3.63) is 71.3 Å². The third-order valence-corrected chi connectivity index (χ3v) is 5.24. The van der Waals surface area contributed by atoms with E-state index in [1.807, 2.05) is 31.2 Å². The fourth-order valence-corrected chi connectivity index (χ4v) is 3.51. The van der Waals surface area contributed by atoms with Gasteiger partial charge in [0.05, 0.1) is 5.92 Å². The van der Waals surface area contributed by atoms with E-state index in [-0.39, 0.29) is 24.9 Å². The number of carbonyl (C=O) groups excluding carboxylic acids is 2. The molecular formula is C23H22FN3O4. The molecule has 1 aromatic heterocycles. The Morgan fingerprint density at radius 1 is 1.16 bits per heavy atom. The van der Waals surface area contributed by atoms with Crippen LogP contribution in [0.25, 0.3) is 11.5 Å². The number of hydrogen-bond donors (Lipinski definition) is 0. The van der Waals surface area contributed by atoms with E-state index in [0.29, 0.717) is 30.8 Å². The fourth-order valence-electron chi connectivity index (χ4n) is 3.51. The van der Waals surface area contributed by atoms with E-state index in [1.165, 1.54) is 24.3 Å². The third-order valence-electron chi connectivity index (χ3n) is 5.24. The van der Waals surface area contributed by atoms with Crippen molar-refractivity contribution in [3.8, 4) is 11.5 Å². The van der Waals surface area contributed by atoms with Gasteiger partial charge in [-0.1, -0.05) is 22.9 Å². The van der Waals surface area contributed by atoms with E-state index < -0.39 is 17.7 Å². The summed E-state index contributed by atoms with van der Waals surface area (Å²) in [5.41, 5.74) is 2.31. The number of aromatic nitrogens is 2. The highest BCUT2D eigenvalue weighted by atomic mass is 19.1. The molecular weight excluding hydrogens is 401 g/mol. The average molecular weight is 423 g/mol. The topological polar surface area (TPSA) is 85.5 Å². The minimum atomic E-state index is -0.429.